The van der Waals surface area contributed by atoms with E-state index >= 15 is 0 Å². The number of likely N-dealkylation sites (N-methyl/N-ethyl adjacent to an activating group) is 1. The smallest absolute Gasteiger partial charge is 0.247 e. The summed E-state index contributed by atoms with van der Waals surface area (Å²) in [7, 11) is 1.80. The van der Waals surface area contributed by atoms with E-state index in [9.17, 15) is 4.79 Å². The molecule has 7 heteroatoms. The maximum atomic E-state index is 12.2. The van der Waals surface area contributed by atoms with Crippen LogP contribution in [0, 0.1) is 0 Å². The van der Waals surface area contributed by atoms with Crippen LogP contribution in [0.5, 0.6) is 0 Å². The minimum absolute atomic E-state index is 0.0445. The number of hydrogen-bond donors (Lipinski definition) is 1. The van der Waals surface area contributed by atoms with Gasteiger partial charge < -0.3 is 15.5 Å². The first-order valence-corrected chi connectivity index (χ1v) is 6.41. The highest BCUT2D eigenvalue weighted by Gasteiger charge is 2.41. The van der Waals surface area contributed by atoms with Crippen molar-refractivity contribution in [1.82, 2.24) is 14.9 Å². The summed E-state index contributed by atoms with van der Waals surface area (Å²) >= 11 is 4.92. The second-order valence-electron chi connectivity index (χ2n) is 5.04. The third kappa shape index (κ3) is 2.37. The summed E-state index contributed by atoms with van der Waals surface area (Å²) in [6, 6.07) is 1.66. The van der Waals surface area contributed by atoms with Gasteiger partial charge in [-0.05, 0) is 19.9 Å². The van der Waals surface area contributed by atoms with E-state index in [-0.39, 0.29) is 10.9 Å². The first-order chi connectivity index (χ1) is 8.84. The van der Waals surface area contributed by atoms with Crippen LogP contribution >= 0.6 is 12.2 Å². The lowest BCUT2D eigenvalue weighted by Gasteiger charge is -2.44. The molecule has 2 N–H and O–H groups in total. The van der Waals surface area contributed by atoms with Gasteiger partial charge in [-0.3, -0.25) is 4.79 Å². The molecule has 0 aromatic carbocycles. The van der Waals surface area contributed by atoms with Gasteiger partial charge in [0.15, 0.2) is 0 Å². The standard InChI is InChI=1S/C12H17N5OS/c1-12(2)10(18)16(3)6-7-17(12)11-14-5-4-8(15-11)9(13)19/h4-5H,6-7H2,1-3H3,(H2,13,19). The van der Waals surface area contributed by atoms with E-state index in [0.29, 0.717) is 24.7 Å². The SMILES string of the molecule is CN1CCN(c2nccc(C(N)=S)n2)C(C)(C)C1=O. The predicted octanol–water partition coefficient (Wildman–Crippen LogP) is 0.168. The highest BCUT2D eigenvalue weighted by Crippen LogP contribution is 2.25. The summed E-state index contributed by atoms with van der Waals surface area (Å²) in [5, 5.41) is 0. The number of nitrogens with two attached hydrogens (primary N) is 1. The Bertz CT molecular complexity index is 531. The van der Waals surface area contributed by atoms with Crippen LogP contribution in [-0.4, -0.2) is 51.4 Å². The van der Waals surface area contributed by atoms with Gasteiger partial charge in [-0.1, -0.05) is 12.2 Å². The van der Waals surface area contributed by atoms with Crippen molar-refractivity contribution in [3.05, 3.63) is 18.0 Å². The summed E-state index contributed by atoms with van der Waals surface area (Å²) in [5.74, 6) is 0.528. The van der Waals surface area contributed by atoms with Crippen molar-refractivity contribution in [2.75, 3.05) is 25.0 Å². The Morgan fingerprint density at radius 1 is 1.47 bits per heavy atom. The highest BCUT2D eigenvalue weighted by atomic mass is 32.1. The molecule has 0 bridgehead atoms. The van der Waals surface area contributed by atoms with E-state index in [2.05, 4.69) is 9.97 Å². The second kappa shape index (κ2) is 4.73. The fraction of sp³-hybridized carbons (Fsp3) is 0.500. The van der Waals surface area contributed by atoms with Gasteiger partial charge in [-0.25, -0.2) is 9.97 Å². The summed E-state index contributed by atoms with van der Waals surface area (Å²) in [4.78, 5) is 24.6. The Kier molecular flexibility index (Phi) is 3.40. The number of carbonyl (C=O) groups is 1. The number of anilines is 1. The molecule has 1 aromatic rings. The summed E-state index contributed by atoms with van der Waals surface area (Å²) < 4.78 is 0. The van der Waals surface area contributed by atoms with Gasteiger partial charge in [0, 0.05) is 26.3 Å². The molecule has 1 fully saturated rings. The number of nitrogens with zero attached hydrogens (tertiary/aromatic N) is 4. The molecule has 2 rings (SSSR count). The molecule has 2 heterocycles. The van der Waals surface area contributed by atoms with Crippen LogP contribution in [0.15, 0.2) is 12.3 Å². The van der Waals surface area contributed by atoms with Crippen LogP contribution < -0.4 is 10.6 Å². The molecule has 1 saturated heterocycles. The normalized spacial score (nSPS) is 18.6. The fourth-order valence-electron chi connectivity index (χ4n) is 2.18. The van der Waals surface area contributed by atoms with Crippen LogP contribution in [0.2, 0.25) is 0 Å². The molecule has 1 aliphatic heterocycles. The molecule has 0 atom stereocenters. The molecule has 0 aliphatic carbocycles. The molecular formula is C12H17N5OS. The molecule has 19 heavy (non-hydrogen) atoms. The van der Waals surface area contributed by atoms with E-state index in [1.54, 1.807) is 24.2 Å². The van der Waals surface area contributed by atoms with Gasteiger partial charge in [0.2, 0.25) is 11.9 Å². The summed E-state index contributed by atoms with van der Waals surface area (Å²) in [5.41, 5.74) is 5.41. The summed E-state index contributed by atoms with van der Waals surface area (Å²) in [6.45, 7) is 5.04. The minimum Gasteiger partial charge on any atom is -0.388 e. The van der Waals surface area contributed by atoms with Gasteiger partial charge in [0.1, 0.15) is 16.2 Å². The first kappa shape index (κ1) is 13.7. The predicted molar refractivity (Wildman–Crippen MR) is 77.0 cm³/mol. The van der Waals surface area contributed by atoms with E-state index in [1.807, 2.05) is 18.7 Å². The molecular weight excluding hydrogens is 262 g/mol. The number of carbonyl (C=O) groups excluding carboxylic acids is 1. The molecule has 1 amide bonds. The zero-order valence-corrected chi connectivity index (χ0v) is 12.1. The van der Waals surface area contributed by atoms with Crippen LogP contribution in [0.4, 0.5) is 5.95 Å². The lowest BCUT2D eigenvalue weighted by atomic mass is 9.98. The average Bonchev–Trinajstić information content (AvgIpc) is 2.36. The van der Waals surface area contributed by atoms with Gasteiger partial charge in [-0.15, -0.1) is 0 Å². The first-order valence-electron chi connectivity index (χ1n) is 6.00. The molecule has 0 spiro atoms. The molecule has 6 nitrogen and oxygen atoms in total. The van der Waals surface area contributed by atoms with E-state index < -0.39 is 5.54 Å². The number of hydrogen-bond acceptors (Lipinski definition) is 5. The minimum atomic E-state index is -0.679. The van der Waals surface area contributed by atoms with Crippen molar-refractivity contribution in [2.24, 2.45) is 5.73 Å². The Morgan fingerprint density at radius 3 is 2.79 bits per heavy atom. The maximum Gasteiger partial charge on any atom is 0.247 e. The van der Waals surface area contributed by atoms with Crippen molar-refractivity contribution in [2.45, 2.75) is 19.4 Å². The van der Waals surface area contributed by atoms with Crippen LogP contribution in [0.25, 0.3) is 0 Å². The largest absolute Gasteiger partial charge is 0.388 e. The molecule has 0 saturated carbocycles. The zero-order chi connectivity index (χ0) is 14.2. The molecule has 1 aromatic heterocycles. The van der Waals surface area contributed by atoms with Crippen LogP contribution in [0.3, 0.4) is 0 Å². The molecule has 1 aliphatic rings. The Labute approximate surface area is 117 Å². The Balaban J connectivity index is 2.38. The third-order valence-electron chi connectivity index (χ3n) is 3.34. The van der Waals surface area contributed by atoms with Crippen LogP contribution in [-0.2, 0) is 4.79 Å². The number of amides is 1. The Morgan fingerprint density at radius 2 is 2.16 bits per heavy atom. The molecule has 102 valence electrons. The van der Waals surface area contributed by atoms with Crippen molar-refractivity contribution < 1.29 is 4.79 Å². The molecule has 0 radical (unpaired) electrons. The van der Waals surface area contributed by atoms with E-state index in [0.717, 1.165) is 0 Å². The van der Waals surface area contributed by atoms with E-state index in [1.165, 1.54) is 0 Å². The van der Waals surface area contributed by atoms with Gasteiger partial charge in [-0.2, -0.15) is 0 Å². The van der Waals surface area contributed by atoms with Crippen molar-refractivity contribution in [3.8, 4) is 0 Å². The van der Waals surface area contributed by atoms with E-state index in [4.69, 9.17) is 18.0 Å². The average molecular weight is 279 g/mol. The third-order valence-corrected chi connectivity index (χ3v) is 3.55. The quantitative estimate of drug-likeness (QED) is 0.778. The number of aromatic nitrogens is 2. The fourth-order valence-corrected chi connectivity index (χ4v) is 2.29. The van der Waals surface area contributed by atoms with Gasteiger partial charge >= 0.3 is 0 Å². The Hall–Kier alpha value is -1.76. The topological polar surface area (TPSA) is 75.3 Å². The highest BCUT2D eigenvalue weighted by molar-refractivity contribution is 7.80. The van der Waals surface area contributed by atoms with Crippen molar-refractivity contribution >= 4 is 29.1 Å². The monoisotopic (exact) mass is 279 g/mol. The second-order valence-corrected chi connectivity index (χ2v) is 5.48. The zero-order valence-electron chi connectivity index (χ0n) is 11.3. The molecule has 0 unspecified atom stereocenters. The number of rotatable bonds is 2. The van der Waals surface area contributed by atoms with Gasteiger partial charge in [0.25, 0.3) is 0 Å². The lowest BCUT2D eigenvalue weighted by molar-refractivity contribution is -0.136. The van der Waals surface area contributed by atoms with Crippen molar-refractivity contribution in [1.29, 1.82) is 0 Å². The van der Waals surface area contributed by atoms with Gasteiger partial charge in [0.05, 0.1) is 0 Å². The maximum absolute atomic E-state index is 12.2. The van der Waals surface area contributed by atoms with Crippen molar-refractivity contribution in [3.63, 3.8) is 0 Å². The lowest BCUT2D eigenvalue weighted by Crippen LogP contribution is -2.62. The van der Waals surface area contributed by atoms with Crippen LogP contribution in [0.1, 0.15) is 19.5 Å². The number of piperazine rings is 1. The summed E-state index contributed by atoms with van der Waals surface area (Å²) in [6.07, 6.45) is 1.61. The number of thiocarbonyl (C=S) groups is 1.